The SMILES string of the molecule is CCOC(=O)c1cn2c(c(N3CCN(C)CC3)nc3ccccc32)c1O. The van der Waals surface area contributed by atoms with Crippen molar-refractivity contribution >= 4 is 28.3 Å². The van der Waals surface area contributed by atoms with Gasteiger partial charge in [-0.05, 0) is 26.1 Å². The van der Waals surface area contributed by atoms with Gasteiger partial charge in [0.05, 0.1) is 17.6 Å². The molecular weight excluding hydrogens is 332 g/mol. The van der Waals surface area contributed by atoms with E-state index in [1.165, 1.54) is 0 Å². The summed E-state index contributed by atoms with van der Waals surface area (Å²) in [7, 11) is 2.09. The van der Waals surface area contributed by atoms with E-state index < -0.39 is 5.97 Å². The molecule has 0 amide bonds. The first-order chi connectivity index (χ1) is 12.6. The summed E-state index contributed by atoms with van der Waals surface area (Å²) >= 11 is 0. The lowest BCUT2D eigenvalue weighted by atomic mass is 10.2. The van der Waals surface area contributed by atoms with E-state index in [2.05, 4.69) is 16.8 Å². The van der Waals surface area contributed by atoms with E-state index in [9.17, 15) is 9.90 Å². The molecule has 3 aromatic rings. The van der Waals surface area contributed by atoms with Gasteiger partial charge in [0.25, 0.3) is 0 Å². The van der Waals surface area contributed by atoms with Crippen LogP contribution in [0.5, 0.6) is 5.75 Å². The van der Waals surface area contributed by atoms with Gasteiger partial charge >= 0.3 is 5.97 Å². The van der Waals surface area contributed by atoms with Gasteiger partial charge < -0.3 is 24.0 Å². The lowest BCUT2D eigenvalue weighted by molar-refractivity contribution is 0.0523. The first-order valence-electron chi connectivity index (χ1n) is 8.83. The summed E-state index contributed by atoms with van der Waals surface area (Å²) in [6, 6.07) is 7.72. The highest BCUT2D eigenvalue weighted by Crippen LogP contribution is 2.36. The van der Waals surface area contributed by atoms with Crippen LogP contribution in [0, 0.1) is 0 Å². The summed E-state index contributed by atoms with van der Waals surface area (Å²) < 4.78 is 6.94. The minimum absolute atomic E-state index is 0.0735. The molecule has 0 atom stereocenters. The molecule has 1 aliphatic heterocycles. The van der Waals surface area contributed by atoms with Crippen molar-refractivity contribution in [1.82, 2.24) is 14.3 Å². The maximum atomic E-state index is 12.3. The summed E-state index contributed by atoms with van der Waals surface area (Å²) in [6.07, 6.45) is 1.65. The maximum Gasteiger partial charge on any atom is 0.343 e. The van der Waals surface area contributed by atoms with E-state index in [1.807, 2.05) is 28.7 Å². The molecule has 4 rings (SSSR count). The van der Waals surface area contributed by atoms with Crippen LogP contribution in [0.1, 0.15) is 17.3 Å². The Bertz CT molecular complexity index is 974. The number of hydrogen-bond acceptors (Lipinski definition) is 6. The summed E-state index contributed by atoms with van der Waals surface area (Å²) in [6.45, 7) is 5.49. The van der Waals surface area contributed by atoms with E-state index >= 15 is 0 Å². The fraction of sp³-hybridized carbons (Fsp3) is 0.368. The number of carbonyl (C=O) groups excluding carboxylic acids is 1. The third kappa shape index (κ3) is 2.64. The Morgan fingerprint density at radius 1 is 1.23 bits per heavy atom. The van der Waals surface area contributed by atoms with Crippen molar-refractivity contribution in [1.29, 1.82) is 0 Å². The Labute approximate surface area is 151 Å². The van der Waals surface area contributed by atoms with E-state index in [0.29, 0.717) is 11.3 Å². The highest BCUT2D eigenvalue weighted by molar-refractivity contribution is 6.00. The molecule has 0 bridgehead atoms. The molecule has 7 heteroatoms. The number of hydrogen-bond donors (Lipinski definition) is 1. The number of benzene rings is 1. The fourth-order valence-electron chi connectivity index (χ4n) is 3.43. The summed E-state index contributed by atoms with van der Waals surface area (Å²) in [5.41, 5.74) is 2.38. The van der Waals surface area contributed by atoms with Crippen molar-refractivity contribution in [2.24, 2.45) is 0 Å². The average Bonchev–Trinajstić information content (AvgIpc) is 3.00. The number of nitrogens with zero attached hydrogens (tertiary/aromatic N) is 4. The number of para-hydroxylation sites is 2. The molecule has 1 fully saturated rings. The van der Waals surface area contributed by atoms with E-state index in [4.69, 9.17) is 9.72 Å². The van der Waals surface area contributed by atoms with E-state index in [1.54, 1.807) is 13.1 Å². The van der Waals surface area contributed by atoms with Gasteiger partial charge in [0.1, 0.15) is 11.1 Å². The summed E-state index contributed by atoms with van der Waals surface area (Å²) in [4.78, 5) is 21.5. The summed E-state index contributed by atoms with van der Waals surface area (Å²) in [5.74, 6) is 0.0996. The predicted molar refractivity (Wildman–Crippen MR) is 100 cm³/mol. The smallest absolute Gasteiger partial charge is 0.343 e. The molecule has 1 aliphatic rings. The Morgan fingerprint density at radius 3 is 2.69 bits per heavy atom. The van der Waals surface area contributed by atoms with E-state index in [-0.39, 0.29) is 17.9 Å². The Hall–Kier alpha value is -2.80. The number of carbonyl (C=O) groups is 1. The number of aromatic nitrogens is 2. The highest BCUT2D eigenvalue weighted by Gasteiger charge is 2.26. The van der Waals surface area contributed by atoms with Crippen molar-refractivity contribution in [3.8, 4) is 5.75 Å². The van der Waals surface area contributed by atoms with Crippen LogP contribution in [0.3, 0.4) is 0 Å². The summed E-state index contributed by atoms with van der Waals surface area (Å²) in [5, 5.41) is 10.8. The lowest BCUT2D eigenvalue weighted by Gasteiger charge is -2.33. The third-order valence-corrected chi connectivity index (χ3v) is 4.86. The van der Waals surface area contributed by atoms with Gasteiger partial charge in [0.15, 0.2) is 11.6 Å². The van der Waals surface area contributed by atoms with Crippen molar-refractivity contribution in [3.63, 3.8) is 0 Å². The quantitative estimate of drug-likeness (QED) is 0.727. The number of likely N-dealkylation sites (N-methyl/N-ethyl adjacent to an activating group) is 1. The normalized spacial score (nSPS) is 15.7. The van der Waals surface area contributed by atoms with Gasteiger partial charge in [0, 0.05) is 32.4 Å². The van der Waals surface area contributed by atoms with Crippen LogP contribution in [0.25, 0.3) is 16.6 Å². The molecule has 1 aromatic carbocycles. The second-order valence-electron chi connectivity index (χ2n) is 6.54. The third-order valence-electron chi connectivity index (χ3n) is 4.86. The van der Waals surface area contributed by atoms with Crippen molar-refractivity contribution in [2.75, 3.05) is 44.7 Å². The topological polar surface area (TPSA) is 70.3 Å². The lowest BCUT2D eigenvalue weighted by Crippen LogP contribution is -2.45. The second-order valence-corrected chi connectivity index (χ2v) is 6.54. The Balaban J connectivity index is 1.95. The van der Waals surface area contributed by atoms with Gasteiger partial charge in [-0.3, -0.25) is 0 Å². The van der Waals surface area contributed by atoms with Gasteiger partial charge in [-0.15, -0.1) is 0 Å². The monoisotopic (exact) mass is 354 g/mol. The first-order valence-corrected chi connectivity index (χ1v) is 8.83. The molecule has 0 unspecified atom stereocenters. The van der Waals surface area contributed by atoms with Crippen LogP contribution in [0.4, 0.5) is 5.82 Å². The number of anilines is 1. The Morgan fingerprint density at radius 2 is 1.96 bits per heavy atom. The Kier molecular flexibility index (Phi) is 4.16. The van der Waals surface area contributed by atoms with Gasteiger partial charge in [-0.25, -0.2) is 9.78 Å². The minimum Gasteiger partial charge on any atom is -0.505 e. The molecule has 136 valence electrons. The molecule has 7 nitrogen and oxygen atoms in total. The van der Waals surface area contributed by atoms with Crippen LogP contribution in [0.2, 0.25) is 0 Å². The molecule has 3 heterocycles. The number of ether oxygens (including phenoxy) is 1. The molecule has 26 heavy (non-hydrogen) atoms. The number of aromatic hydroxyl groups is 1. The van der Waals surface area contributed by atoms with Gasteiger partial charge in [0.2, 0.25) is 0 Å². The maximum absolute atomic E-state index is 12.3. The number of piperazine rings is 1. The largest absolute Gasteiger partial charge is 0.505 e. The highest BCUT2D eigenvalue weighted by atomic mass is 16.5. The molecule has 0 saturated carbocycles. The van der Waals surface area contributed by atoms with Gasteiger partial charge in [-0.1, -0.05) is 12.1 Å². The molecule has 0 spiro atoms. The minimum atomic E-state index is -0.526. The zero-order valence-electron chi connectivity index (χ0n) is 15.0. The second kappa shape index (κ2) is 6.49. The molecule has 2 aromatic heterocycles. The predicted octanol–water partition coefficient (Wildman–Crippen LogP) is 2.12. The van der Waals surface area contributed by atoms with Crippen molar-refractivity contribution in [3.05, 3.63) is 36.0 Å². The number of rotatable bonds is 3. The number of fused-ring (bicyclic) bond motifs is 3. The van der Waals surface area contributed by atoms with Crippen LogP contribution in [-0.4, -0.2) is 65.2 Å². The van der Waals surface area contributed by atoms with Crippen molar-refractivity contribution in [2.45, 2.75) is 6.92 Å². The van der Waals surface area contributed by atoms with Crippen LogP contribution in [-0.2, 0) is 4.74 Å². The fourth-order valence-corrected chi connectivity index (χ4v) is 3.43. The van der Waals surface area contributed by atoms with Gasteiger partial charge in [-0.2, -0.15) is 0 Å². The molecule has 1 saturated heterocycles. The van der Waals surface area contributed by atoms with Crippen molar-refractivity contribution < 1.29 is 14.6 Å². The standard InChI is InChI=1S/C19H22N4O3/c1-3-26-19(25)13-12-23-15-7-5-4-6-14(15)20-18(16(23)17(13)24)22-10-8-21(2)9-11-22/h4-7,12,24H,3,8-11H2,1-2H3. The van der Waals surface area contributed by atoms with Crippen LogP contribution in [0.15, 0.2) is 30.5 Å². The van der Waals surface area contributed by atoms with Crippen LogP contribution >= 0.6 is 0 Å². The average molecular weight is 354 g/mol. The molecule has 1 N–H and O–H groups in total. The zero-order valence-corrected chi connectivity index (χ0v) is 15.0. The van der Waals surface area contributed by atoms with E-state index in [0.717, 1.165) is 37.2 Å². The zero-order chi connectivity index (χ0) is 18.3. The molecular formula is C19H22N4O3. The first kappa shape index (κ1) is 16.7. The number of esters is 1. The molecule has 0 aliphatic carbocycles. The molecule has 0 radical (unpaired) electrons. The van der Waals surface area contributed by atoms with Crippen LogP contribution < -0.4 is 4.90 Å².